The zero-order valence-corrected chi connectivity index (χ0v) is 18.8. The third-order valence-electron chi connectivity index (χ3n) is 5.45. The molecule has 1 aliphatic rings. The van der Waals surface area contributed by atoms with E-state index >= 15 is 0 Å². The molecule has 1 aromatic heterocycles. The summed E-state index contributed by atoms with van der Waals surface area (Å²) in [5, 5.41) is 11.3. The number of rotatable bonds is 8. The average Bonchev–Trinajstić information content (AvgIpc) is 3.42. The van der Waals surface area contributed by atoms with Gasteiger partial charge in [0.25, 0.3) is 11.7 Å². The van der Waals surface area contributed by atoms with Crippen molar-refractivity contribution >= 4 is 17.4 Å². The Morgan fingerprint density at radius 2 is 1.79 bits per heavy atom. The standard InChI is InChI=1S/C26H24FNO6/c1-3-32-18-11-12-20(21(14-18)33-4-2)24(29)22-23(16-7-9-17(27)10-8-16)28(26(31)25(22)30)15-19-6-5-13-34-19/h5-14,23,29H,3-4,15H2,1-2H3/b24-22-. The van der Waals surface area contributed by atoms with Crippen molar-refractivity contribution in [3.63, 3.8) is 0 Å². The van der Waals surface area contributed by atoms with Gasteiger partial charge in [-0.25, -0.2) is 4.39 Å². The maximum atomic E-state index is 13.6. The minimum absolute atomic E-state index is 0.00199. The van der Waals surface area contributed by atoms with Gasteiger partial charge in [-0.1, -0.05) is 12.1 Å². The Labute approximate surface area is 196 Å². The molecule has 176 valence electrons. The van der Waals surface area contributed by atoms with Crippen LogP contribution < -0.4 is 9.47 Å². The molecule has 1 unspecified atom stereocenters. The number of benzene rings is 2. The fraction of sp³-hybridized carbons (Fsp3) is 0.231. The highest BCUT2D eigenvalue weighted by atomic mass is 19.1. The van der Waals surface area contributed by atoms with Gasteiger partial charge in [0.1, 0.15) is 28.8 Å². The van der Waals surface area contributed by atoms with Crippen molar-refractivity contribution in [3.8, 4) is 11.5 Å². The Bertz CT molecular complexity index is 1220. The first-order valence-electron chi connectivity index (χ1n) is 10.9. The normalized spacial score (nSPS) is 17.3. The predicted molar refractivity (Wildman–Crippen MR) is 122 cm³/mol. The van der Waals surface area contributed by atoms with E-state index < -0.39 is 23.5 Å². The molecule has 3 aromatic rings. The highest BCUT2D eigenvalue weighted by Gasteiger charge is 2.46. The molecule has 1 aliphatic heterocycles. The summed E-state index contributed by atoms with van der Waals surface area (Å²) < 4.78 is 30.2. The van der Waals surface area contributed by atoms with Crippen LogP contribution in [0.15, 0.2) is 70.9 Å². The van der Waals surface area contributed by atoms with Crippen LogP contribution in [0.5, 0.6) is 11.5 Å². The van der Waals surface area contributed by atoms with Crippen LogP contribution in [-0.4, -0.2) is 34.9 Å². The highest BCUT2D eigenvalue weighted by molar-refractivity contribution is 6.46. The van der Waals surface area contributed by atoms with Gasteiger partial charge < -0.3 is 23.9 Å². The van der Waals surface area contributed by atoms with E-state index in [0.29, 0.717) is 36.0 Å². The summed E-state index contributed by atoms with van der Waals surface area (Å²) >= 11 is 0. The monoisotopic (exact) mass is 465 g/mol. The van der Waals surface area contributed by atoms with Crippen LogP contribution in [0.4, 0.5) is 4.39 Å². The predicted octanol–water partition coefficient (Wildman–Crippen LogP) is 4.84. The van der Waals surface area contributed by atoms with Gasteiger partial charge in [-0.3, -0.25) is 9.59 Å². The van der Waals surface area contributed by atoms with E-state index in [1.54, 1.807) is 37.3 Å². The van der Waals surface area contributed by atoms with Crippen molar-refractivity contribution in [1.82, 2.24) is 4.90 Å². The van der Waals surface area contributed by atoms with E-state index in [1.807, 2.05) is 6.92 Å². The van der Waals surface area contributed by atoms with Crippen molar-refractivity contribution in [1.29, 1.82) is 0 Å². The van der Waals surface area contributed by atoms with Gasteiger partial charge in [-0.05, 0) is 55.8 Å². The Hall–Kier alpha value is -4.07. The first-order chi connectivity index (χ1) is 16.4. The fourth-order valence-corrected chi connectivity index (χ4v) is 3.98. The molecular weight excluding hydrogens is 441 g/mol. The van der Waals surface area contributed by atoms with Gasteiger partial charge in [0.15, 0.2) is 0 Å². The highest BCUT2D eigenvalue weighted by Crippen LogP contribution is 2.42. The largest absolute Gasteiger partial charge is 0.507 e. The molecule has 0 saturated carbocycles. The molecule has 0 spiro atoms. The Kier molecular flexibility index (Phi) is 6.67. The van der Waals surface area contributed by atoms with Crippen molar-refractivity contribution in [2.24, 2.45) is 0 Å². The number of ether oxygens (including phenoxy) is 2. The van der Waals surface area contributed by atoms with Gasteiger partial charge in [0, 0.05) is 6.07 Å². The lowest BCUT2D eigenvalue weighted by atomic mass is 9.95. The molecular formula is C26H24FNO6. The van der Waals surface area contributed by atoms with Crippen LogP contribution in [-0.2, 0) is 16.1 Å². The maximum absolute atomic E-state index is 13.6. The van der Waals surface area contributed by atoms with Gasteiger partial charge in [0.05, 0.1) is 43.2 Å². The molecule has 2 aromatic carbocycles. The fourth-order valence-electron chi connectivity index (χ4n) is 3.98. The number of carbonyl (C=O) groups is 2. The van der Waals surface area contributed by atoms with Gasteiger partial charge in [-0.15, -0.1) is 0 Å². The van der Waals surface area contributed by atoms with E-state index in [-0.39, 0.29) is 23.4 Å². The quantitative estimate of drug-likeness (QED) is 0.291. The van der Waals surface area contributed by atoms with Crippen LogP contribution in [0.25, 0.3) is 5.76 Å². The zero-order valence-electron chi connectivity index (χ0n) is 18.8. The van der Waals surface area contributed by atoms with Crippen LogP contribution in [0.1, 0.15) is 36.8 Å². The molecule has 1 fully saturated rings. The number of halogens is 1. The topological polar surface area (TPSA) is 89.2 Å². The molecule has 7 nitrogen and oxygen atoms in total. The van der Waals surface area contributed by atoms with Crippen LogP contribution in [0, 0.1) is 5.82 Å². The van der Waals surface area contributed by atoms with Gasteiger partial charge in [-0.2, -0.15) is 0 Å². The smallest absolute Gasteiger partial charge is 0.296 e. The Morgan fingerprint density at radius 1 is 1.06 bits per heavy atom. The SMILES string of the molecule is CCOc1ccc(/C(O)=C2/C(=O)C(=O)N(Cc3ccco3)C2c2ccc(F)cc2)c(OCC)c1. The second-order valence-corrected chi connectivity index (χ2v) is 7.58. The minimum atomic E-state index is -0.952. The number of carbonyl (C=O) groups excluding carboxylic acids is 2. The molecule has 0 bridgehead atoms. The summed E-state index contributed by atoms with van der Waals surface area (Å²) in [5.41, 5.74) is 0.597. The van der Waals surface area contributed by atoms with Crippen molar-refractivity contribution in [2.45, 2.75) is 26.4 Å². The Balaban J connectivity index is 1.87. The molecule has 1 N–H and O–H groups in total. The number of nitrogens with zero attached hydrogens (tertiary/aromatic N) is 1. The van der Waals surface area contributed by atoms with E-state index in [2.05, 4.69) is 0 Å². The third-order valence-corrected chi connectivity index (χ3v) is 5.45. The minimum Gasteiger partial charge on any atom is -0.507 e. The molecule has 1 atom stereocenters. The van der Waals surface area contributed by atoms with E-state index in [0.717, 1.165) is 0 Å². The van der Waals surface area contributed by atoms with E-state index in [9.17, 15) is 19.1 Å². The first-order valence-corrected chi connectivity index (χ1v) is 10.9. The van der Waals surface area contributed by atoms with Crippen molar-refractivity contribution in [3.05, 3.63) is 89.1 Å². The number of ketones is 1. The maximum Gasteiger partial charge on any atom is 0.296 e. The number of hydrogen-bond donors (Lipinski definition) is 1. The van der Waals surface area contributed by atoms with E-state index in [4.69, 9.17) is 13.9 Å². The molecule has 8 heteroatoms. The molecule has 1 saturated heterocycles. The van der Waals surface area contributed by atoms with Gasteiger partial charge >= 0.3 is 0 Å². The second-order valence-electron chi connectivity index (χ2n) is 7.58. The number of likely N-dealkylation sites (tertiary alicyclic amines) is 1. The number of aliphatic hydroxyl groups is 1. The number of furan rings is 1. The number of aliphatic hydroxyl groups excluding tert-OH is 1. The number of Topliss-reactive ketones (excluding diaryl/α,β-unsaturated/α-hetero) is 1. The molecule has 2 heterocycles. The van der Waals surface area contributed by atoms with Crippen LogP contribution in [0.3, 0.4) is 0 Å². The summed E-state index contributed by atoms with van der Waals surface area (Å²) in [6, 6.07) is 12.7. The zero-order chi connectivity index (χ0) is 24.2. The van der Waals surface area contributed by atoms with E-state index in [1.165, 1.54) is 35.4 Å². The molecule has 0 aliphatic carbocycles. The first kappa shape index (κ1) is 23.1. The van der Waals surface area contributed by atoms with Crippen molar-refractivity contribution < 1.29 is 33.0 Å². The average molecular weight is 465 g/mol. The molecule has 4 rings (SSSR count). The summed E-state index contributed by atoms with van der Waals surface area (Å²) in [7, 11) is 0. The lowest BCUT2D eigenvalue weighted by Gasteiger charge is -2.24. The number of hydrogen-bond acceptors (Lipinski definition) is 6. The van der Waals surface area contributed by atoms with Crippen LogP contribution in [0.2, 0.25) is 0 Å². The summed E-state index contributed by atoms with van der Waals surface area (Å²) in [5.74, 6) is -1.19. The van der Waals surface area contributed by atoms with Gasteiger partial charge in [0.2, 0.25) is 0 Å². The molecule has 34 heavy (non-hydrogen) atoms. The molecule has 0 radical (unpaired) electrons. The lowest BCUT2D eigenvalue weighted by Crippen LogP contribution is -2.29. The summed E-state index contributed by atoms with van der Waals surface area (Å²) in [6.45, 7) is 4.39. The number of amides is 1. The third kappa shape index (κ3) is 4.39. The Morgan fingerprint density at radius 3 is 2.44 bits per heavy atom. The lowest BCUT2D eigenvalue weighted by molar-refractivity contribution is -0.140. The van der Waals surface area contributed by atoms with Crippen molar-refractivity contribution in [2.75, 3.05) is 13.2 Å². The second kappa shape index (κ2) is 9.82. The summed E-state index contributed by atoms with van der Waals surface area (Å²) in [6.07, 6.45) is 1.47. The summed E-state index contributed by atoms with van der Waals surface area (Å²) in [4.78, 5) is 27.5. The van der Waals surface area contributed by atoms with Crippen LogP contribution >= 0.6 is 0 Å². The molecule has 1 amide bonds.